The molecule has 0 bridgehead atoms. The first-order chi connectivity index (χ1) is 7.35. The number of amides is 1. The number of hydrogen-bond donors (Lipinski definition) is 2. The van der Waals surface area contributed by atoms with Crippen LogP contribution in [0.2, 0.25) is 0 Å². The number of primary amides is 1. The first-order valence-corrected chi connectivity index (χ1v) is 5.46. The van der Waals surface area contributed by atoms with E-state index in [2.05, 4.69) is 19.2 Å². The molecule has 0 heterocycles. The average molecular weight is 232 g/mol. The van der Waals surface area contributed by atoms with Crippen LogP contribution in [0.3, 0.4) is 0 Å². The van der Waals surface area contributed by atoms with Gasteiger partial charge in [0.05, 0.1) is 5.54 Å². The summed E-state index contributed by atoms with van der Waals surface area (Å²) < 4.78 is 10.2. The molecule has 0 saturated carbocycles. The summed E-state index contributed by atoms with van der Waals surface area (Å²) in [4.78, 5) is 11.4. The van der Waals surface area contributed by atoms with E-state index in [-0.39, 0.29) is 0 Å². The van der Waals surface area contributed by atoms with Crippen molar-refractivity contribution in [1.29, 1.82) is 0 Å². The van der Waals surface area contributed by atoms with Gasteiger partial charge in [0.2, 0.25) is 5.91 Å². The quantitative estimate of drug-likeness (QED) is 0.597. The zero-order chi connectivity index (χ0) is 12.8. The normalized spacial score (nSPS) is 15.4. The summed E-state index contributed by atoms with van der Waals surface area (Å²) in [7, 11) is 3.08. The number of carbonyl (C=O) groups is 1. The second kappa shape index (κ2) is 6.83. The van der Waals surface area contributed by atoms with Gasteiger partial charge in [-0.2, -0.15) is 0 Å². The van der Waals surface area contributed by atoms with Gasteiger partial charge in [-0.3, -0.25) is 4.79 Å². The Labute approximate surface area is 97.7 Å². The van der Waals surface area contributed by atoms with Crippen LogP contribution in [-0.2, 0) is 14.3 Å². The summed E-state index contributed by atoms with van der Waals surface area (Å²) in [5, 5.41) is 3.16. The number of hydrogen-bond acceptors (Lipinski definition) is 4. The highest BCUT2D eigenvalue weighted by Crippen LogP contribution is 2.15. The van der Waals surface area contributed by atoms with Crippen LogP contribution in [0.25, 0.3) is 0 Å². The molecule has 1 atom stereocenters. The van der Waals surface area contributed by atoms with Crippen LogP contribution >= 0.6 is 0 Å². The molecule has 0 aliphatic carbocycles. The molecule has 0 spiro atoms. The lowest BCUT2D eigenvalue weighted by molar-refractivity contribution is -0.138. The minimum Gasteiger partial charge on any atom is -0.368 e. The summed E-state index contributed by atoms with van der Waals surface area (Å²) in [6, 6.07) is 0. The van der Waals surface area contributed by atoms with E-state index >= 15 is 0 Å². The zero-order valence-corrected chi connectivity index (χ0v) is 10.9. The van der Waals surface area contributed by atoms with Crippen molar-refractivity contribution in [1.82, 2.24) is 5.32 Å². The van der Waals surface area contributed by atoms with E-state index in [4.69, 9.17) is 15.2 Å². The molecule has 0 aliphatic heterocycles. The van der Waals surface area contributed by atoms with Gasteiger partial charge in [-0.15, -0.1) is 0 Å². The Kier molecular flexibility index (Phi) is 6.55. The predicted octanol–water partition coefficient (Wildman–Crippen LogP) is 0.485. The zero-order valence-electron chi connectivity index (χ0n) is 10.9. The fraction of sp³-hybridized carbons (Fsp3) is 0.909. The lowest BCUT2D eigenvalue weighted by atomic mass is 9.95. The number of nitrogens with two attached hydrogens (primary N) is 1. The number of methoxy groups -OCH3 is 2. The topological polar surface area (TPSA) is 73.6 Å². The van der Waals surface area contributed by atoms with Crippen LogP contribution in [0.1, 0.15) is 27.2 Å². The Morgan fingerprint density at radius 2 is 1.88 bits per heavy atom. The van der Waals surface area contributed by atoms with Crippen molar-refractivity contribution in [2.75, 3.05) is 20.8 Å². The minimum atomic E-state index is -0.805. The fourth-order valence-electron chi connectivity index (χ4n) is 1.29. The van der Waals surface area contributed by atoms with E-state index in [1.54, 1.807) is 6.92 Å². The second-order valence-electron chi connectivity index (χ2n) is 4.58. The molecule has 5 heteroatoms. The van der Waals surface area contributed by atoms with E-state index < -0.39 is 17.7 Å². The Morgan fingerprint density at radius 3 is 2.19 bits per heavy atom. The molecule has 1 amide bonds. The lowest BCUT2D eigenvalue weighted by Gasteiger charge is -2.31. The predicted molar refractivity (Wildman–Crippen MR) is 62.9 cm³/mol. The van der Waals surface area contributed by atoms with Crippen LogP contribution in [-0.4, -0.2) is 38.5 Å². The molecule has 0 aromatic carbocycles. The molecule has 3 N–H and O–H groups in total. The summed E-state index contributed by atoms with van der Waals surface area (Å²) in [6.45, 7) is 6.62. The van der Waals surface area contributed by atoms with Gasteiger partial charge in [-0.1, -0.05) is 13.8 Å². The molecule has 0 aromatic heterocycles. The number of carbonyl (C=O) groups excluding carboxylic acids is 1. The smallest absolute Gasteiger partial charge is 0.237 e. The monoisotopic (exact) mass is 232 g/mol. The highest BCUT2D eigenvalue weighted by Gasteiger charge is 2.33. The van der Waals surface area contributed by atoms with Crippen LogP contribution in [0.4, 0.5) is 0 Å². The molecule has 0 aromatic rings. The molecule has 0 fully saturated rings. The summed E-state index contributed by atoms with van der Waals surface area (Å²) in [6.07, 6.45) is -0.0423. The first kappa shape index (κ1) is 15.3. The Balaban J connectivity index is 4.49. The van der Waals surface area contributed by atoms with Gasteiger partial charge in [0.25, 0.3) is 0 Å². The molecule has 1 unspecified atom stereocenters. The molecule has 0 radical (unpaired) electrons. The maximum absolute atomic E-state index is 11.4. The van der Waals surface area contributed by atoms with Gasteiger partial charge in [-0.25, -0.2) is 0 Å². The van der Waals surface area contributed by atoms with Gasteiger partial charge in [0, 0.05) is 20.6 Å². The van der Waals surface area contributed by atoms with Crippen LogP contribution in [0.15, 0.2) is 0 Å². The maximum Gasteiger partial charge on any atom is 0.237 e. The number of ether oxygens (including phenoxy) is 2. The summed E-state index contributed by atoms with van der Waals surface area (Å²) >= 11 is 0. The molecule has 96 valence electrons. The van der Waals surface area contributed by atoms with Crippen molar-refractivity contribution in [2.24, 2.45) is 11.7 Å². The van der Waals surface area contributed by atoms with Crippen molar-refractivity contribution in [3.05, 3.63) is 0 Å². The van der Waals surface area contributed by atoms with Crippen LogP contribution in [0, 0.1) is 5.92 Å². The maximum atomic E-state index is 11.4. The van der Waals surface area contributed by atoms with Crippen molar-refractivity contribution in [2.45, 2.75) is 39.0 Å². The minimum absolute atomic E-state index is 0.391. The first-order valence-electron chi connectivity index (χ1n) is 5.46. The van der Waals surface area contributed by atoms with E-state index in [9.17, 15) is 4.79 Å². The van der Waals surface area contributed by atoms with Gasteiger partial charge >= 0.3 is 0 Å². The molecular formula is C11H24N2O3. The fourth-order valence-corrected chi connectivity index (χ4v) is 1.29. The molecular weight excluding hydrogens is 208 g/mol. The van der Waals surface area contributed by atoms with Crippen LogP contribution in [0.5, 0.6) is 0 Å². The van der Waals surface area contributed by atoms with Crippen molar-refractivity contribution >= 4 is 5.91 Å². The van der Waals surface area contributed by atoms with E-state index in [1.165, 1.54) is 14.2 Å². The lowest BCUT2D eigenvalue weighted by Crippen LogP contribution is -2.56. The van der Waals surface area contributed by atoms with Gasteiger partial charge < -0.3 is 20.5 Å². The van der Waals surface area contributed by atoms with E-state index in [1.807, 2.05) is 0 Å². The summed E-state index contributed by atoms with van der Waals surface area (Å²) in [5.41, 5.74) is 4.60. The van der Waals surface area contributed by atoms with E-state index in [0.717, 1.165) is 6.54 Å². The van der Waals surface area contributed by atoms with Gasteiger partial charge in [0.1, 0.15) is 0 Å². The Bertz CT molecular complexity index is 217. The third kappa shape index (κ3) is 4.92. The third-order valence-corrected chi connectivity index (χ3v) is 2.55. The highest BCUT2D eigenvalue weighted by molar-refractivity contribution is 5.84. The SMILES string of the molecule is COC(CC(C)(NCC(C)C)C(N)=O)OC. The number of rotatable bonds is 8. The number of nitrogens with one attached hydrogen (secondary N) is 1. The van der Waals surface area contributed by atoms with E-state index in [0.29, 0.717) is 12.3 Å². The van der Waals surface area contributed by atoms with Crippen molar-refractivity contribution in [3.63, 3.8) is 0 Å². The van der Waals surface area contributed by atoms with Gasteiger partial charge in [0.15, 0.2) is 6.29 Å². The van der Waals surface area contributed by atoms with Gasteiger partial charge in [-0.05, 0) is 19.4 Å². The Hall–Kier alpha value is -0.650. The Morgan fingerprint density at radius 1 is 1.38 bits per heavy atom. The molecule has 0 saturated heterocycles. The van der Waals surface area contributed by atoms with Crippen LogP contribution < -0.4 is 11.1 Å². The summed E-state index contributed by atoms with van der Waals surface area (Å²) in [5.74, 6) is 0.0504. The molecule has 0 aliphatic rings. The third-order valence-electron chi connectivity index (χ3n) is 2.55. The highest BCUT2D eigenvalue weighted by atomic mass is 16.7. The molecule has 0 rings (SSSR count). The molecule has 16 heavy (non-hydrogen) atoms. The standard InChI is InChI=1S/C11H24N2O3/c1-8(2)7-13-11(3,10(12)14)6-9(15-4)16-5/h8-9,13H,6-7H2,1-5H3,(H2,12,14). The largest absolute Gasteiger partial charge is 0.368 e. The molecule has 5 nitrogen and oxygen atoms in total. The van der Waals surface area contributed by atoms with Crippen molar-refractivity contribution in [3.8, 4) is 0 Å². The van der Waals surface area contributed by atoms with Crippen molar-refractivity contribution < 1.29 is 14.3 Å². The second-order valence-corrected chi connectivity index (χ2v) is 4.58. The average Bonchev–Trinajstić information content (AvgIpc) is 2.22.